The molecule has 0 aliphatic carbocycles. The minimum atomic E-state index is -4.51. The number of aromatic carboxylic acids is 1. The molecule has 1 rings (SSSR count). The van der Waals surface area contributed by atoms with Crippen molar-refractivity contribution in [2.75, 3.05) is 0 Å². The summed E-state index contributed by atoms with van der Waals surface area (Å²) < 4.78 is 37.3. The van der Waals surface area contributed by atoms with E-state index in [9.17, 15) is 18.0 Å². The van der Waals surface area contributed by atoms with E-state index >= 15 is 0 Å². The molecule has 1 aromatic carbocycles. The zero-order valence-corrected chi connectivity index (χ0v) is 10.1. The van der Waals surface area contributed by atoms with E-state index in [1.54, 1.807) is 0 Å². The quantitative estimate of drug-likeness (QED) is 0.814. The molecule has 2 nitrogen and oxygen atoms in total. The maximum absolute atomic E-state index is 12.4. The number of carbonyl (C=O) groups is 1. The topological polar surface area (TPSA) is 37.3 Å². The zero-order valence-electron chi connectivity index (χ0n) is 10.1. The van der Waals surface area contributed by atoms with Gasteiger partial charge < -0.3 is 5.11 Å². The smallest absolute Gasteiger partial charge is 0.416 e. The molecule has 0 saturated carbocycles. The normalized spacial score (nSPS) is 10.5. The molecule has 1 aromatic rings. The molecule has 0 unspecified atom stereocenters. The summed E-state index contributed by atoms with van der Waals surface area (Å²) in [7, 11) is 0. The maximum Gasteiger partial charge on any atom is 0.416 e. The van der Waals surface area contributed by atoms with Gasteiger partial charge in [-0.2, -0.15) is 13.2 Å². The van der Waals surface area contributed by atoms with Crippen molar-refractivity contribution in [3.8, 4) is 0 Å². The summed E-state index contributed by atoms with van der Waals surface area (Å²) in [5, 5.41) is 8.77. The Morgan fingerprint density at radius 2 is 1.65 bits per heavy atom. The lowest BCUT2D eigenvalue weighted by Gasteiger charge is -2.13. The van der Waals surface area contributed by atoms with E-state index < -0.39 is 17.7 Å². The predicted octanol–water partition coefficient (Wildman–Crippen LogP) is 4.05. The molecule has 5 heteroatoms. The Balaban J connectivity index is 0.00000121. The molecule has 0 bridgehead atoms. The molecule has 0 aliphatic heterocycles. The second-order valence-electron chi connectivity index (χ2n) is 3.23. The number of hydrogen-bond acceptors (Lipinski definition) is 1. The number of halogens is 3. The van der Waals surface area contributed by atoms with Gasteiger partial charge in [0.05, 0.1) is 11.1 Å². The van der Waals surface area contributed by atoms with E-state index in [2.05, 4.69) is 0 Å². The summed E-state index contributed by atoms with van der Waals surface area (Å²) in [6.07, 6.45) is -4.51. The molecule has 0 saturated heterocycles. The van der Waals surface area contributed by atoms with Crippen molar-refractivity contribution in [2.45, 2.75) is 33.9 Å². The summed E-state index contributed by atoms with van der Waals surface area (Å²) in [5.74, 6) is -1.34. The van der Waals surface area contributed by atoms with Gasteiger partial charge in [-0.15, -0.1) is 0 Å². The number of carboxylic acid groups (broad SMARTS) is 1. The first-order chi connectivity index (χ1) is 7.75. The third kappa shape index (κ3) is 3.47. The first-order valence-corrected chi connectivity index (χ1v) is 5.16. The molecule has 96 valence electrons. The van der Waals surface area contributed by atoms with E-state index in [1.165, 1.54) is 19.9 Å². The molecule has 17 heavy (non-hydrogen) atoms. The molecule has 0 spiro atoms. The van der Waals surface area contributed by atoms with Crippen molar-refractivity contribution >= 4 is 5.97 Å². The molecule has 0 aromatic heterocycles. The molecule has 1 N–H and O–H groups in total. The number of rotatable bonds is 1. The SMILES string of the molecule is CC.Cc1ccc(C(F)(F)F)c(C)c1C(=O)O. The molecular weight excluding hydrogens is 233 g/mol. The molecule has 0 heterocycles. The molecule has 0 atom stereocenters. The minimum Gasteiger partial charge on any atom is -0.478 e. The Hall–Kier alpha value is -1.52. The van der Waals surface area contributed by atoms with E-state index in [4.69, 9.17) is 5.11 Å². The van der Waals surface area contributed by atoms with E-state index in [-0.39, 0.29) is 11.1 Å². The highest BCUT2D eigenvalue weighted by molar-refractivity contribution is 5.91. The van der Waals surface area contributed by atoms with Crippen LogP contribution in [0.15, 0.2) is 12.1 Å². The van der Waals surface area contributed by atoms with Crippen LogP contribution in [0.25, 0.3) is 0 Å². The fourth-order valence-electron chi connectivity index (χ4n) is 1.48. The number of hydrogen-bond donors (Lipinski definition) is 1. The molecule has 0 amide bonds. The van der Waals surface area contributed by atoms with Crippen molar-refractivity contribution in [2.24, 2.45) is 0 Å². The summed E-state index contributed by atoms with van der Waals surface area (Å²) in [6, 6.07) is 2.07. The highest BCUT2D eigenvalue weighted by atomic mass is 19.4. The third-order valence-corrected chi connectivity index (χ3v) is 2.19. The van der Waals surface area contributed by atoms with Gasteiger partial charge in [0.1, 0.15) is 0 Å². The average Bonchev–Trinajstić information content (AvgIpc) is 2.18. The van der Waals surface area contributed by atoms with Crippen molar-refractivity contribution in [3.63, 3.8) is 0 Å². The second kappa shape index (κ2) is 5.70. The van der Waals surface area contributed by atoms with Crippen LogP contribution in [0.1, 0.15) is 40.9 Å². The second-order valence-corrected chi connectivity index (χ2v) is 3.23. The van der Waals surface area contributed by atoms with Gasteiger partial charge in [-0.25, -0.2) is 4.79 Å². The standard InChI is InChI=1S/C10H9F3O2.C2H6/c1-5-3-4-7(10(11,12)13)6(2)8(5)9(14)15;1-2/h3-4H,1-2H3,(H,14,15);1-2H3. The number of carboxylic acids is 1. The Morgan fingerprint density at radius 1 is 1.18 bits per heavy atom. The summed E-state index contributed by atoms with van der Waals surface area (Å²) in [4.78, 5) is 10.8. The van der Waals surface area contributed by atoms with Gasteiger partial charge in [-0.3, -0.25) is 0 Å². The molecule has 0 aliphatic rings. The summed E-state index contributed by atoms with van der Waals surface area (Å²) in [6.45, 7) is 6.63. The lowest BCUT2D eigenvalue weighted by molar-refractivity contribution is -0.138. The Morgan fingerprint density at radius 3 is 2.00 bits per heavy atom. The van der Waals surface area contributed by atoms with Crippen LogP contribution in [-0.4, -0.2) is 11.1 Å². The van der Waals surface area contributed by atoms with Gasteiger partial charge in [-0.05, 0) is 31.0 Å². The maximum atomic E-state index is 12.4. The lowest BCUT2D eigenvalue weighted by Crippen LogP contribution is -2.12. The van der Waals surface area contributed by atoms with Gasteiger partial charge in [0.25, 0.3) is 0 Å². The monoisotopic (exact) mass is 248 g/mol. The molecular formula is C12H15F3O2. The van der Waals surface area contributed by atoms with E-state index in [1.807, 2.05) is 13.8 Å². The first kappa shape index (κ1) is 15.5. The number of alkyl halides is 3. The van der Waals surface area contributed by atoms with E-state index in [0.29, 0.717) is 5.56 Å². The first-order valence-electron chi connectivity index (χ1n) is 5.16. The Labute approximate surface area is 98.1 Å². The largest absolute Gasteiger partial charge is 0.478 e. The van der Waals surface area contributed by atoms with Gasteiger partial charge in [0, 0.05) is 0 Å². The summed E-state index contributed by atoms with van der Waals surface area (Å²) in [5.41, 5.74) is -1.08. The third-order valence-electron chi connectivity index (χ3n) is 2.19. The van der Waals surface area contributed by atoms with Crippen LogP contribution in [-0.2, 0) is 6.18 Å². The van der Waals surface area contributed by atoms with Crippen LogP contribution >= 0.6 is 0 Å². The van der Waals surface area contributed by atoms with Crippen LogP contribution in [0.2, 0.25) is 0 Å². The highest BCUT2D eigenvalue weighted by Crippen LogP contribution is 2.33. The van der Waals surface area contributed by atoms with Crippen molar-refractivity contribution < 1.29 is 23.1 Å². The van der Waals surface area contributed by atoms with Gasteiger partial charge in [0.15, 0.2) is 0 Å². The van der Waals surface area contributed by atoms with Crippen molar-refractivity contribution in [1.29, 1.82) is 0 Å². The van der Waals surface area contributed by atoms with Gasteiger partial charge in [-0.1, -0.05) is 19.9 Å². The zero-order chi connectivity index (χ0) is 13.8. The average molecular weight is 248 g/mol. The van der Waals surface area contributed by atoms with Crippen molar-refractivity contribution in [3.05, 3.63) is 34.4 Å². The van der Waals surface area contributed by atoms with E-state index in [0.717, 1.165) is 6.07 Å². The Bertz CT molecular complexity index is 409. The number of aryl methyl sites for hydroxylation is 1. The van der Waals surface area contributed by atoms with Crippen LogP contribution in [0.4, 0.5) is 13.2 Å². The van der Waals surface area contributed by atoms with Crippen LogP contribution < -0.4 is 0 Å². The highest BCUT2D eigenvalue weighted by Gasteiger charge is 2.34. The minimum absolute atomic E-state index is 0.241. The molecule has 0 radical (unpaired) electrons. The predicted molar refractivity (Wildman–Crippen MR) is 59.2 cm³/mol. The number of benzene rings is 1. The van der Waals surface area contributed by atoms with Crippen LogP contribution in [0.3, 0.4) is 0 Å². The lowest BCUT2D eigenvalue weighted by atomic mass is 9.97. The fourth-order valence-corrected chi connectivity index (χ4v) is 1.48. The summed E-state index contributed by atoms with van der Waals surface area (Å²) >= 11 is 0. The van der Waals surface area contributed by atoms with Crippen LogP contribution in [0.5, 0.6) is 0 Å². The van der Waals surface area contributed by atoms with Crippen LogP contribution in [0, 0.1) is 13.8 Å². The van der Waals surface area contributed by atoms with Gasteiger partial charge >= 0.3 is 12.1 Å². The fraction of sp³-hybridized carbons (Fsp3) is 0.417. The molecule has 0 fully saturated rings. The van der Waals surface area contributed by atoms with Crippen molar-refractivity contribution in [1.82, 2.24) is 0 Å². The Kier molecular flexibility index (Phi) is 5.19. The van der Waals surface area contributed by atoms with Gasteiger partial charge in [0.2, 0.25) is 0 Å².